The normalized spacial score (nSPS) is 15.1. The molecular weight excluding hydrogens is 345 g/mol. The summed E-state index contributed by atoms with van der Waals surface area (Å²) in [4.78, 5) is 4.11. The number of rotatable bonds is 9. The fourth-order valence-corrected chi connectivity index (χ4v) is 1.41. The highest BCUT2D eigenvalue weighted by Crippen LogP contribution is 2.28. The molecule has 0 bridgehead atoms. The minimum Gasteiger partial charge on any atom is -0.383 e. The molecule has 2 N–H and O–H groups in total. The van der Waals surface area contributed by atoms with Crippen molar-refractivity contribution in [3.63, 3.8) is 0 Å². The third-order valence-electron chi connectivity index (χ3n) is 2.63. The van der Waals surface area contributed by atoms with Gasteiger partial charge in [-0.25, -0.2) is 0 Å². The number of nitrogens with one attached hydrogen (secondary N) is 2. The van der Waals surface area contributed by atoms with Crippen LogP contribution in [0.25, 0.3) is 0 Å². The van der Waals surface area contributed by atoms with Gasteiger partial charge in [-0.2, -0.15) is 0 Å². The van der Waals surface area contributed by atoms with E-state index in [0.717, 1.165) is 44.6 Å². The van der Waals surface area contributed by atoms with Crippen molar-refractivity contribution in [2.24, 2.45) is 10.9 Å². The van der Waals surface area contributed by atoms with Gasteiger partial charge in [0.15, 0.2) is 5.96 Å². The Bertz CT molecular complexity index is 223. The SMILES string of the molecule is CN=C(NCCCOCC1CC1)NCCOC.I. The molecule has 0 aliphatic heterocycles. The highest BCUT2D eigenvalue weighted by molar-refractivity contribution is 14.0. The van der Waals surface area contributed by atoms with Crippen LogP contribution in [-0.2, 0) is 9.47 Å². The summed E-state index contributed by atoms with van der Waals surface area (Å²) in [6.45, 7) is 4.12. The molecule has 5 nitrogen and oxygen atoms in total. The van der Waals surface area contributed by atoms with Crippen LogP contribution in [0.4, 0.5) is 0 Å². The van der Waals surface area contributed by atoms with Crippen molar-refractivity contribution < 1.29 is 9.47 Å². The molecule has 0 spiro atoms. The van der Waals surface area contributed by atoms with Gasteiger partial charge < -0.3 is 20.1 Å². The summed E-state index contributed by atoms with van der Waals surface area (Å²) in [6, 6.07) is 0. The second-order valence-corrected chi connectivity index (χ2v) is 4.29. The summed E-state index contributed by atoms with van der Waals surface area (Å²) in [5, 5.41) is 6.40. The number of nitrogens with zero attached hydrogens (tertiary/aromatic N) is 1. The zero-order valence-electron chi connectivity index (χ0n) is 11.4. The molecule has 1 fully saturated rings. The van der Waals surface area contributed by atoms with E-state index in [1.165, 1.54) is 12.8 Å². The zero-order chi connectivity index (χ0) is 12.3. The van der Waals surface area contributed by atoms with Crippen LogP contribution in [0.15, 0.2) is 4.99 Å². The topological polar surface area (TPSA) is 54.9 Å². The van der Waals surface area contributed by atoms with Crippen LogP contribution in [0.2, 0.25) is 0 Å². The maximum Gasteiger partial charge on any atom is 0.191 e. The van der Waals surface area contributed by atoms with Gasteiger partial charge in [0.05, 0.1) is 6.61 Å². The molecule has 0 heterocycles. The molecule has 1 aliphatic carbocycles. The average molecular weight is 371 g/mol. The summed E-state index contributed by atoms with van der Waals surface area (Å²) in [6.07, 6.45) is 3.72. The first-order chi connectivity index (χ1) is 8.36. The zero-order valence-corrected chi connectivity index (χ0v) is 13.7. The molecule has 0 saturated heterocycles. The average Bonchev–Trinajstić information content (AvgIpc) is 3.15. The molecule has 0 aromatic carbocycles. The number of ether oxygens (including phenoxy) is 2. The van der Waals surface area contributed by atoms with Crippen LogP contribution in [0.5, 0.6) is 0 Å². The van der Waals surface area contributed by atoms with Crippen molar-refractivity contribution in [2.75, 3.05) is 47.1 Å². The summed E-state index contributed by atoms with van der Waals surface area (Å²) < 4.78 is 10.5. The summed E-state index contributed by atoms with van der Waals surface area (Å²) in [5.74, 6) is 1.68. The lowest BCUT2D eigenvalue weighted by Gasteiger charge is -2.11. The van der Waals surface area contributed by atoms with E-state index in [9.17, 15) is 0 Å². The lowest BCUT2D eigenvalue weighted by molar-refractivity contribution is 0.123. The first-order valence-electron chi connectivity index (χ1n) is 6.38. The van der Waals surface area contributed by atoms with Crippen molar-refractivity contribution >= 4 is 29.9 Å². The van der Waals surface area contributed by atoms with Crippen molar-refractivity contribution in [1.82, 2.24) is 10.6 Å². The third-order valence-corrected chi connectivity index (χ3v) is 2.63. The summed E-state index contributed by atoms with van der Waals surface area (Å²) >= 11 is 0. The Labute approximate surface area is 127 Å². The largest absolute Gasteiger partial charge is 0.383 e. The molecule has 1 rings (SSSR count). The quantitative estimate of drug-likeness (QED) is 0.277. The molecule has 0 unspecified atom stereocenters. The molecular formula is C12H26IN3O2. The van der Waals surface area contributed by atoms with Crippen LogP contribution >= 0.6 is 24.0 Å². The third kappa shape index (κ3) is 9.90. The van der Waals surface area contributed by atoms with E-state index in [4.69, 9.17) is 9.47 Å². The van der Waals surface area contributed by atoms with Crippen LogP contribution in [0, 0.1) is 5.92 Å². The molecule has 108 valence electrons. The highest BCUT2D eigenvalue weighted by atomic mass is 127. The molecule has 6 heteroatoms. The van der Waals surface area contributed by atoms with E-state index in [0.29, 0.717) is 6.61 Å². The summed E-state index contributed by atoms with van der Waals surface area (Å²) in [7, 11) is 3.46. The number of aliphatic imine (C=N–C) groups is 1. The lowest BCUT2D eigenvalue weighted by atomic mass is 10.4. The first-order valence-corrected chi connectivity index (χ1v) is 6.38. The highest BCUT2D eigenvalue weighted by Gasteiger charge is 2.20. The first kappa shape index (κ1) is 17.9. The maximum atomic E-state index is 5.55. The monoisotopic (exact) mass is 371 g/mol. The van der Waals surface area contributed by atoms with Gasteiger partial charge in [0.25, 0.3) is 0 Å². The number of hydrogen-bond acceptors (Lipinski definition) is 3. The van der Waals surface area contributed by atoms with E-state index < -0.39 is 0 Å². The van der Waals surface area contributed by atoms with Gasteiger partial charge in [0, 0.05) is 40.5 Å². The van der Waals surface area contributed by atoms with Gasteiger partial charge in [-0.3, -0.25) is 4.99 Å². The number of methoxy groups -OCH3 is 1. The molecule has 18 heavy (non-hydrogen) atoms. The molecule has 1 aliphatic rings. The Hall–Kier alpha value is -0.0800. The molecule has 0 radical (unpaired) electrons. The van der Waals surface area contributed by atoms with Crippen LogP contribution in [-0.4, -0.2) is 53.0 Å². The molecule has 0 amide bonds. The van der Waals surface area contributed by atoms with Gasteiger partial charge in [-0.05, 0) is 25.2 Å². The molecule has 0 atom stereocenters. The minimum absolute atomic E-state index is 0. The van der Waals surface area contributed by atoms with Crippen molar-refractivity contribution in [3.05, 3.63) is 0 Å². The van der Waals surface area contributed by atoms with Gasteiger partial charge in [-0.1, -0.05) is 0 Å². The number of hydrogen-bond donors (Lipinski definition) is 2. The Morgan fingerprint density at radius 1 is 1.22 bits per heavy atom. The van der Waals surface area contributed by atoms with Crippen molar-refractivity contribution in [2.45, 2.75) is 19.3 Å². The standard InChI is InChI=1S/C12H25N3O2.HI/c1-13-12(15-7-9-16-2)14-6-3-8-17-10-11-4-5-11;/h11H,3-10H2,1-2H3,(H2,13,14,15);1H. The van der Waals surface area contributed by atoms with Gasteiger partial charge in [0.2, 0.25) is 0 Å². The number of guanidine groups is 1. The van der Waals surface area contributed by atoms with E-state index in [1.54, 1.807) is 14.2 Å². The second kappa shape index (κ2) is 12.0. The van der Waals surface area contributed by atoms with Crippen molar-refractivity contribution in [1.29, 1.82) is 0 Å². The lowest BCUT2D eigenvalue weighted by Crippen LogP contribution is -2.39. The van der Waals surface area contributed by atoms with Crippen LogP contribution in [0.1, 0.15) is 19.3 Å². The Balaban J connectivity index is 0.00000289. The molecule has 0 aromatic rings. The Morgan fingerprint density at radius 2 is 1.94 bits per heavy atom. The van der Waals surface area contributed by atoms with E-state index >= 15 is 0 Å². The minimum atomic E-state index is 0. The van der Waals surface area contributed by atoms with E-state index in [1.807, 2.05) is 0 Å². The van der Waals surface area contributed by atoms with Gasteiger partial charge in [0.1, 0.15) is 0 Å². The number of halogens is 1. The van der Waals surface area contributed by atoms with E-state index in [-0.39, 0.29) is 24.0 Å². The fraction of sp³-hybridized carbons (Fsp3) is 0.917. The summed E-state index contributed by atoms with van der Waals surface area (Å²) in [5.41, 5.74) is 0. The molecule has 1 saturated carbocycles. The van der Waals surface area contributed by atoms with Gasteiger partial charge in [-0.15, -0.1) is 24.0 Å². The van der Waals surface area contributed by atoms with Crippen LogP contribution in [0.3, 0.4) is 0 Å². The predicted molar refractivity (Wildman–Crippen MR) is 84.8 cm³/mol. The fourth-order valence-electron chi connectivity index (χ4n) is 1.41. The molecule has 0 aromatic heterocycles. The predicted octanol–water partition coefficient (Wildman–Crippen LogP) is 1.23. The Kier molecular flexibility index (Phi) is 11.9. The smallest absolute Gasteiger partial charge is 0.191 e. The Morgan fingerprint density at radius 3 is 2.56 bits per heavy atom. The maximum absolute atomic E-state index is 5.55. The van der Waals surface area contributed by atoms with Crippen LogP contribution < -0.4 is 10.6 Å². The van der Waals surface area contributed by atoms with E-state index in [2.05, 4.69) is 15.6 Å². The second-order valence-electron chi connectivity index (χ2n) is 4.29. The van der Waals surface area contributed by atoms with Gasteiger partial charge >= 0.3 is 0 Å². The van der Waals surface area contributed by atoms with Crippen molar-refractivity contribution in [3.8, 4) is 0 Å².